The average molecular weight is 272 g/mol. The second-order valence-electron chi connectivity index (χ2n) is 4.10. The first-order chi connectivity index (χ1) is 8.77. The third-order valence-corrected chi connectivity index (χ3v) is 3.15. The van der Waals surface area contributed by atoms with Crippen molar-refractivity contribution in [3.8, 4) is 17.2 Å². The van der Waals surface area contributed by atoms with Crippen molar-refractivity contribution in [1.29, 1.82) is 0 Å². The van der Waals surface area contributed by atoms with Crippen molar-refractivity contribution in [3.63, 3.8) is 0 Å². The zero-order valence-electron chi connectivity index (χ0n) is 10.7. The molecule has 0 atom stereocenters. The van der Waals surface area contributed by atoms with Gasteiger partial charge < -0.3 is 19.5 Å². The van der Waals surface area contributed by atoms with Gasteiger partial charge in [0, 0.05) is 18.1 Å². The molecule has 0 fully saturated rings. The lowest BCUT2D eigenvalue weighted by molar-refractivity contribution is 0.295. The topological polar surface area (TPSA) is 39.7 Å². The van der Waals surface area contributed by atoms with Gasteiger partial charge in [0.15, 0.2) is 11.5 Å². The van der Waals surface area contributed by atoms with E-state index in [1.165, 1.54) is 0 Å². The number of likely N-dealkylation sites (N-methyl/N-ethyl adjacent to an activating group) is 1. The normalized spacial score (nSPS) is 14.2. The van der Waals surface area contributed by atoms with Crippen molar-refractivity contribution in [2.45, 2.75) is 12.8 Å². The summed E-state index contributed by atoms with van der Waals surface area (Å²) in [6.45, 7) is 2.14. The van der Waals surface area contributed by atoms with Crippen LogP contribution in [0.5, 0.6) is 17.2 Å². The van der Waals surface area contributed by atoms with Crippen LogP contribution in [0.15, 0.2) is 6.07 Å². The minimum atomic E-state index is 0.563. The van der Waals surface area contributed by atoms with E-state index in [0.29, 0.717) is 29.7 Å². The lowest BCUT2D eigenvalue weighted by atomic mass is 10.1. The lowest BCUT2D eigenvalue weighted by Crippen LogP contribution is -2.12. The molecule has 100 valence electrons. The van der Waals surface area contributed by atoms with Crippen LogP contribution in [0.1, 0.15) is 12.0 Å². The summed E-state index contributed by atoms with van der Waals surface area (Å²) in [5, 5.41) is 3.68. The standard InChI is InChI=1S/C13H18ClNO3/c1-15-5-4-9-12(16-2)10(14)8-11-13(9)18-7-3-6-17-11/h8,15H,3-7H2,1-2H3. The summed E-state index contributed by atoms with van der Waals surface area (Å²) in [5.74, 6) is 2.16. The molecule has 0 spiro atoms. The van der Waals surface area contributed by atoms with Gasteiger partial charge in [-0.15, -0.1) is 0 Å². The molecule has 0 aliphatic carbocycles. The Balaban J connectivity index is 2.46. The molecule has 1 aliphatic heterocycles. The summed E-state index contributed by atoms with van der Waals surface area (Å²) >= 11 is 6.22. The Labute approximate surface area is 112 Å². The van der Waals surface area contributed by atoms with E-state index in [-0.39, 0.29) is 0 Å². The van der Waals surface area contributed by atoms with Crippen molar-refractivity contribution in [1.82, 2.24) is 5.32 Å². The fourth-order valence-corrected chi connectivity index (χ4v) is 2.31. The Morgan fingerprint density at radius 3 is 2.89 bits per heavy atom. The Morgan fingerprint density at radius 2 is 2.17 bits per heavy atom. The van der Waals surface area contributed by atoms with Crippen LogP contribution >= 0.6 is 11.6 Å². The Morgan fingerprint density at radius 1 is 1.39 bits per heavy atom. The highest BCUT2D eigenvalue weighted by Crippen LogP contribution is 2.44. The van der Waals surface area contributed by atoms with E-state index in [2.05, 4.69) is 5.32 Å². The summed E-state index contributed by atoms with van der Waals surface area (Å²) in [6, 6.07) is 1.77. The largest absolute Gasteiger partial charge is 0.495 e. The number of hydrogen-bond donors (Lipinski definition) is 1. The van der Waals surface area contributed by atoms with E-state index in [0.717, 1.165) is 30.7 Å². The Hall–Kier alpha value is -1.13. The van der Waals surface area contributed by atoms with Gasteiger partial charge in [-0.05, 0) is 20.0 Å². The predicted octanol–water partition coefficient (Wildman–Crippen LogP) is 2.27. The van der Waals surface area contributed by atoms with Gasteiger partial charge in [-0.25, -0.2) is 0 Å². The average Bonchev–Trinajstić information content (AvgIpc) is 2.60. The highest BCUT2D eigenvalue weighted by Gasteiger charge is 2.21. The molecule has 1 aromatic rings. The van der Waals surface area contributed by atoms with Gasteiger partial charge >= 0.3 is 0 Å². The fourth-order valence-electron chi connectivity index (χ4n) is 2.02. The molecule has 0 bridgehead atoms. The number of hydrogen-bond acceptors (Lipinski definition) is 4. The van der Waals surface area contributed by atoms with E-state index < -0.39 is 0 Å². The molecule has 1 aliphatic rings. The van der Waals surface area contributed by atoms with Crippen molar-refractivity contribution >= 4 is 11.6 Å². The number of halogens is 1. The maximum Gasteiger partial charge on any atom is 0.168 e. The smallest absolute Gasteiger partial charge is 0.168 e. The molecule has 0 saturated carbocycles. The molecule has 1 N–H and O–H groups in total. The molecule has 0 saturated heterocycles. The SMILES string of the molecule is CNCCc1c(OC)c(Cl)cc2c1OCCCO2. The van der Waals surface area contributed by atoms with Gasteiger partial charge in [0.2, 0.25) is 0 Å². The highest BCUT2D eigenvalue weighted by molar-refractivity contribution is 6.32. The van der Waals surface area contributed by atoms with Gasteiger partial charge in [0.05, 0.1) is 25.3 Å². The molecule has 0 unspecified atom stereocenters. The molecule has 0 amide bonds. The zero-order valence-corrected chi connectivity index (χ0v) is 11.5. The van der Waals surface area contributed by atoms with Crippen LogP contribution in [0.3, 0.4) is 0 Å². The second-order valence-corrected chi connectivity index (χ2v) is 4.51. The first kappa shape index (κ1) is 13.3. The highest BCUT2D eigenvalue weighted by atomic mass is 35.5. The minimum Gasteiger partial charge on any atom is -0.495 e. The van der Waals surface area contributed by atoms with Crippen LogP contribution in [0.4, 0.5) is 0 Å². The summed E-state index contributed by atoms with van der Waals surface area (Å²) in [5.41, 5.74) is 0.969. The maximum atomic E-state index is 6.22. The van der Waals surface area contributed by atoms with Crippen molar-refractivity contribution < 1.29 is 14.2 Å². The second kappa shape index (κ2) is 6.16. The predicted molar refractivity (Wildman–Crippen MR) is 71.2 cm³/mol. The number of benzene rings is 1. The van der Waals surface area contributed by atoms with Crippen LogP contribution in [-0.4, -0.2) is 33.9 Å². The Kier molecular flexibility index (Phi) is 4.55. The van der Waals surface area contributed by atoms with E-state index in [1.54, 1.807) is 13.2 Å². The Bertz CT molecular complexity index is 423. The van der Waals surface area contributed by atoms with Gasteiger partial charge in [-0.1, -0.05) is 11.6 Å². The molecule has 18 heavy (non-hydrogen) atoms. The molecule has 0 aromatic heterocycles. The lowest BCUT2D eigenvalue weighted by Gasteiger charge is -2.17. The van der Waals surface area contributed by atoms with Crippen LogP contribution in [0, 0.1) is 0 Å². The van der Waals surface area contributed by atoms with Crippen LogP contribution in [0.25, 0.3) is 0 Å². The van der Waals surface area contributed by atoms with E-state index >= 15 is 0 Å². The molecular weight excluding hydrogens is 254 g/mol. The molecule has 0 radical (unpaired) electrons. The van der Waals surface area contributed by atoms with E-state index in [1.807, 2.05) is 7.05 Å². The monoisotopic (exact) mass is 271 g/mol. The summed E-state index contributed by atoms with van der Waals surface area (Å²) < 4.78 is 16.8. The van der Waals surface area contributed by atoms with Crippen LogP contribution in [-0.2, 0) is 6.42 Å². The van der Waals surface area contributed by atoms with Gasteiger partial charge in [0.1, 0.15) is 5.75 Å². The summed E-state index contributed by atoms with van der Waals surface area (Å²) in [7, 11) is 3.53. The minimum absolute atomic E-state index is 0.563. The van der Waals surface area contributed by atoms with Crippen LogP contribution < -0.4 is 19.5 Å². The van der Waals surface area contributed by atoms with Gasteiger partial charge in [0.25, 0.3) is 0 Å². The number of methoxy groups -OCH3 is 1. The summed E-state index contributed by atoms with van der Waals surface area (Å²) in [4.78, 5) is 0. The number of fused-ring (bicyclic) bond motifs is 1. The molecule has 4 nitrogen and oxygen atoms in total. The fraction of sp³-hybridized carbons (Fsp3) is 0.538. The number of ether oxygens (including phenoxy) is 3. The molecule has 1 aromatic carbocycles. The molecule has 1 heterocycles. The van der Waals surface area contributed by atoms with Crippen LogP contribution in [0.2, 0.25) is 5.02 Å². The number of nitrogens with one attached hydrogen (secondary N) is 1. The third-order valence-electron chi connectivity index (χ3n) is 2.87. The molecular formula is C13H18ClNO3. The van der Waals surface area contributed by atoms with Crippen molar-refractivity contribution in [3.05, 3.63) is 16.7 Å². The van der Waals surface area contributed by atoms with E-state index in [9.17, 15) is 0 Å². The molecule has 2 rings (SSSR count). The first-order valence-corrected chi connectivity index (χ1v) is 6.45. The van der Waals surface area contributed by atoms with E-state index in [4.69, 9.17) is 25.8 Å². The quantitative estimate of drug-likeness (QED) is 0.912. The third kappa shape index (κ3) is 2.65. The van der Waals surface area contributed by atoms with Gasteiger partial charge in [-0.2, -0.15) is 0 Å². The maximum absolute atomic E-state index is 6.22. The number of rotatable bonds is 4. The van der Waals surface area contributed by atoms with Crippen molar-refractivity contribution in [2.75, 3.05) is 33.9 Å². The molecule has 5 heteroatoms. The first-order valence-electron chi connectivity index (χ1n) is 6.07. The van der Waals surface area contributed by atoms with Gasteiger partial charge in [-0.3, -0.25) is 0 Å². The van der Waals surface area contributed by atoms with Crippen molar-refractivity contribution in [2.24, 2.45) is 0 Å². The zero-order chi connectivity index (χ0) is 13.0. The summed E-state index contributed by atoms with van der Waals surface area (Å²) in [6.07, 6.45) is 1.66.